The lowest BCUT2D eigenvalue weighted by Gasteiger charge is -1.91. The Morgan fingerprint density at radius 1 is 1.36 bits per heavy atom. The first kappa shape index (κ1) is 6.40. The summed E-state index contributed by atoms with van der Waals surface area (Å²) in [6.45, 7) is 1.95. The molecule has 0 aliphatic heterocycles. The topological polar surface area (TPSA) is 15.8 Å². The van der Waals surface area contributed by atoms with Gasteiger partial charge in [-0.3, -0.25) is 0 Å². The summed E-state index contributed by atoms with van der Waals surface area (Å²) in [5.74, 6) is -0.177. The van der Waals surface area contributed by atoms with Crippen LogP contribution in [0.25, 0.3) is 10.9 Å². The highest BCUT2D eigenvalue weighted by Crippen LogP contribution is 2.17. The van der Waals surface area contributed by atoms with E-state index in [1.54, 1.807) is 0 Å². The van der Waals surface area contributed by atoms with Crippen molar-refractivity contribution in [1.29, 1.82) is 0 Å². The number of rotatable bonds is 0. The third kappa shape index (κ3) is 0.909. The summed E-state index contributed by atoms with van der Waals surface area (Å²) in [6.07, 6.45) is 1.38. The first-order valence-corrected chi connectivity index (χ1v) is 3.50. The molecule has 56 valence electrons. The zero-order chi connectivity index (χ0) is 7.84. The van der Waals surface area contributed by atoms with Crippen LogP contribution in [0.2, 0.25) is 0 Å². The Labute approximate surface area is 63.9 Å². The molecule has 0 aliphatic carbocycles. The van der Waals surface area contributed by atoms with E-state index in [0.29, 0.717) is 5.39 Å². The van der Waals surface area contributed by atoms with Crippen molar-refractivity contribution in [2.24, 2.45) is 0 Å². The van der Waals surface area contributed by atoms with Crippen LogP contribution < -0.4 is 0 Å². The molecule has 2 rings (SSSR count). The molecule has 0 unspecified atom stereocenters. The van der Waals surface area contributed by atoms with E-state index in [0.717, 1.165) is 11.1 Å². The molecule has 1 aromatic heterocycles. The van der Waals surface area contributed by atoms with Crippen LogP contribution in [0.4, 0.5) is 4.39 Å². The number of hydrogen-bond acceptors (Lipinski definition) is 0. The summed E-state index contributed by atoms with van der Waals surface area (Å²) in [6, 6.07) is 5.67. The summed E-state index contributed by atoms with van der Waals surface area (Å²) in [4.78, 5) is 2.84. The van der Waals surface area contributed by atoms with E-state index in [4.69, 9.17) is 0 Å². The van der Waals surface area contributed by atoms with Crippen LogP contribution >= 0.6 is 0 Å². The second kappa shape index (κ2) is 2.09. The highest BCUT2D eigenvalue weighted by Gasteiger charge is 2.00. The Hall–Kier alpha value is -1.31. The van der Waals surface area contributed by atoms with E-state index in [1.807, 2.05) is 25.1 Å². The van der Waals surface area contributed by atoms with Crippen LogP contribution in [0.15, 0.2) is 24.4 Å². The minimum Gasteiger partial charge on any atom is -0.359 e. The van der Waals surface area contributed by atoms with Crippen molar-refractivity contribution in [2.75, 3.05) is 0 Å². The van der Waals surface area contributed by atoms with Gasteiger partial charge in [-0.1, -0.05) is 11.6 Å². The second-order valence-electron chi connectivity index (χ2n) is 2.69. The summed E-state index contributed by atoms with van der Waals surface area (Å²) in [5.41, 5.74) is 1.93. The number of fused-ring (bicyclic) bond motifs is 1. The Kier molecular flexibility index (Phi) is 1.22. The number of aryl methyl sites for hydroxylation is 1. The highest BCUT2D eigenvalue weighted by atomic mass is 19.1. The number of aromatic nitrogens is 1. The largest absolute Gasteiger partial charge is 0.359 e. The first-order chi connectivity index (χ1) is 5.27. The summed E-state index contributed by atoms with van der Waals surface area (Å²) < 4.78 is 12.9. The zero-order valence-corrected chi connectivity index (χ0v) is 6.19. The lowest BCUT2D eigenvalue weighted by Crippen LogP contribution is -1.72. The van der Waals surface area contributed by atoms with E-state index >= 15 is 0 Å². The molecule has 0 bridgehead atoms. The van der Waals surface area contributed by atoms with Crippen LogP contribution in [0.3, 0.4) is 0 Å². The molecule has 0 fully saturated rings. The predicted octanol–water partition coefficient (Wildman–Crippen LogP) is 2.62. The minimum atomic E-state index is -0.177. The maximum Gasteiger partial charge on any atom is 0.148 e. The number of aromatic amines is 1. The van der Waals surface area contributed by atoms with Gasteiger partial charge in [-0.25, -0.2) is 4.39 Å². The van der Waals surface area contributed by atoms with E-state index in [9.17, 15) is 4.39 Å². The summed E-state index contributed by atoms with van der Waals surface area (Å²) in [5, 5.41) is 0.671. The van der Waals surface area contributed by atoms with Crippen molar-refractivity contribution in [1.82, 2.24) is 4.98 Å². The van der Waals surface area contributed by atoms with Gasteiger partial charge in [-0.2, -0.15) is 0 Å². The van der Waals surface area contributed by atoms with Gasteiger partial charge in [0.25, 0.3) is 0 Å². The average Bonchev–Trinajstić information content (AvgIpc) is 2.33. The SMILES string of the molecule is Cc1ccc2[nH]cc(F)c2c1. The van der Waals surface area contributed by atoms with Crippen molar-refractivity contribution in [3.63, 3.8) is 0 Å². The van der Waals surface area contributed by atoms with Gasteiger partial charge < -0.3 is 4.98 Å². The molecule has 1 aromatic carbocycles. The minimum absolute atomic E-state index is 0.177. The molecule has 0 atom stereocenters. The van der Waals surface area contributed by atoms with Crippen LogP contribution in [0, 0.1) is 12.7 Å². The van der Waals surface area contributed by atoms with Crippen molar-refractivity contribution in [2.45, 2.75) is 6.92 Å². The Morgan fingerprint density at radius 2 is 2.18 bits per heavy atom. The number of halogens is 1. The molecular weight excluding hydrogens is 141 g/mol. The molecule has 1 heterocycles. The number of nitrogens with one attached hydrogen (secondary N) is 1. The van der Waals surface area contributed by atoms with Crippen molar-refractivity contribution in [3.05, 3.63) is 35.8 Å². The molecule has 0 saturated heterocycles. The first-order valence-electron chi connectivity index (χ1n) is 3.50. The van der Waals surface area contributed by atoms with E-state index in [-0.39, 0.29) is 5.82 Å². The Balaban J connectivity index is 2.87. The molecular formula is C9H8FN. The molecule has 0 saturated carbocycles. The average molecular weight is 149 g/mol. The van der Waals surface area contributed by atoms with Crippen molar-refractivity contribution in [3.8, 4) is 0 Å². The fourth-order valence-electron chi connectivity index (χ4n) is 1.20. The smallest absolute Gasteiger partial charge is 0.148 e. The standard InChI is InChI=1S/C9H8FN/c1-6-2-3-9-7(4-6)8(10)5-11-9/h2-5,11H,1H3. The maximum atomic E-state index is 12.9. The number of H-pyrrole nitrogens is 1. The number of benzene rings is 1. The van der Waals surface area contributed by atoms with Gasteiger partial charge in [0.2, 0.25) is 0 Å². The lowest BCUT2D eigenvalue weighted by atomic mass is 10.2. The molecule has 2 aromatic rings. The fraction of sp³-hybridized carbons (Fsp3) is 0.111. The van der Waals surface area contributed by atoms with E-state index < -0.39 is 0 Å². The third-order valence-electron chi connectivity index (χ3n) is 1.79. The predicted molar refractivity (Wildman–Crippen MR) is 43.0 cm³/mol. The van der Waals surface area contributed by atoms with Gasteiger partial charge in [0.1, 0.15) is 5.82 Å². The van der Waals surface area contributed by atoms with Crippen LogP contribution in [-0.2, 0) is 0 Å². The highest BCUT2D eigenvalue weighted by molar-refractivity contribution is 5.80. The van der Waals surface area contributed by atoms with E-state index in [1.165, 1.54) is 6.20 Å². The fourth-order valence-corrected chi connectivity index (χ4v) is 1.20. The molecule has 0 spiro atoms. The quantitative estimate of drug-likeness (QED) is 0.592. The molecule has 0 amide bonds. The molecule has 1 nitrogen and oxygen atoms in total. The van der Waals surface area contributed by atoms with Gasteiger partial charge in [0.05, 0.1) is 0 Å². The third-order valence-corrected chi connectivity index (χ3v) is 1.79. The molecule has 0 radical (unpaired) electrons. The Morgan fingerprint density at radius 3 is 3.00 bits per heavy atom. The zero-order valence-electron chi connectivity index (χ0n) is 6.19. The molecule has 0 aliphatic rings. The van der Waals surface area contributed by atoms with Gasteiger partial charge in [-0.05, 0) is 19.1 Å². The van der Waals surface area contributed by atoms with Crippen LogP contribution in [-0.4, -0.2) is 4.98 Å². The lowest BCUT2D eigenvalue weighted by molar-refractivity contribution is 0.639. The van der Waals surface area contributed by atoms with Crippen molar-refractivity contribution < 1.29 is 4.39 Å². The normalized spacial score (nSPS) is 10.7. The monoisotopic (exact) mass is 149 g/mol. The van der Waals surface area contributed by atoms with Crippen LogP contribution in [0.1, 0.15) is 5.56 Å². The van der Waals surface area contributed by atoms with E-state index in [2.05, 4.69) is 4.98 Å². The van der Waals surface area contributed by atoms with Gasteiger partial charge in [0.15, 0.2) is 0 Å². The summed E-state index contributed by atoms with van der Waals surface area (Å²) >= 11 is 0. The number of hydrogen-bond donors (Lipinski definition) is 1. The maximum absolute atomic E-state index is 12.9. The van der Waals surface area contributed by atoms with Gasteiger partial charge >= 0.3 is 0 Å². The summed E-state index contributed by atoms with van der Waals surface area (Å²) in [7, 11) is 0. The van der Waals surface area contributed by atoms with Gasteiger partial charge in [0, 0.05) is 17.1 Å². The van der Waals surface area contributed by atoms with Crippen LogP contribution in [0.5, 0.6) is 0 Å². The van der Waals surface area contributed by atoms with Crippen molar-refractivity contribution >= 4 is 10.9 Å². The molecule has 1 N–H and O–H groups in total. The Bertz CT molecular complexity index is 389. The molecule has 11 heavy (non-hydrogen) atoms. The second-order valence-corrected chi connectivity index (χ2v) is 2.69. The molecule has 2 heteroatoms. The van der Waals surface area contributed by atoms with Gasteiger partial charge in [-0.15, -0.1) is 0 Å².